The van der Waals surface area contributed by atoms with Crippen LogP contribution >= 0.6 is 36.2 Å². The van der Waals surface area contributed by atoms with E-state index in [1.807, 2.05) is 29.8 Å². The first-order valence-electron chi connectivity index (χ1n) is 4.09. The quantitative estimate of drug-likeness (QED) is 0.904. The van der Waals surface area contributed by atoms with Crippen LogP contribution in [0.2, 0.25) is 0 Å². The van der Waals surface area contributed by atoms with Gasteiger partial charge in [0.2, 0.25) is 0 Å². The maximum absolute atomic E-state index is 5.48. The minimum absolute atomic E-state index is 0. The molecule has 0 saturated heterocycles. The molecule has 82 valence electrons. The number of nitrogens with two attached hydrogens (primary N) is 1. The number of hydrogen-bond acceptors (Lipinski definition) is 3. The van der Waals surface area contributed by atoms with Crippen LogP contribution in [0.25, 0.3) is 10.6 Å². The average molecular weight is 263 g/mol. The lowest BCUT2D eigenvalue weighted by atomic mass is 10.2. The number of hydrogen-bond donors (Lipinski definition) is 1. The molecule has 0 aliphatic carbocycles. The summed E-state index contributed by atoms with van der Waals surface area (Å²) in [6.07, 6.45) is 1.83. The lowest BCUT2D eigenvalue weighted by Gasteiger charge is -1.98. The van der Waals surface area contributed by atoms with Gasteiger partial charge in [-0.05, 0) is 23.1 Å². The molecule has 0 amide bonds. The van der Waals surface area contributed by atoms with Gasteiger partial charge in [0.05, 0.1) is 10.6 Å². The van der Waals surface area contributed by atoms with Crippen LogP contribution in [0.1, 0.15) is 5.56 Å². The van der Waals surface area contributed by atoms with Gasteiger partial charge in [0, 0.05) is 12.7 Å². The molecular weight excluding hydrogens is 251 g/mol. The predicted octanol–water partition coefficient (Wildman–Crippen LogP) is 3.11. The molecule has 2 aromatic rings. The highest BCUT2D eigenvalue weighted by molar-refractivity contribution is 7.13. The molecule has 0 aliphatic rings. The van der Waals surface area contributed by atoms with E-state index < -0.39 is 0 Å². The van der Waals surface area contributed by atoms with Crippen molar-refractivity contribution in [1.29, 1.82) is 0 Å². The van der Waals surface area contributed by atoms with E-state index in [1.165, 1.54) is 4.88 Å². The van der Waals surface area contributed by atoms with Gasteiger partial charge in [-0.1, -0.05) is 12.1 Å². The lowest BCUT2D eigenvalue weighted by Crippen LogP contribution is -1.96. The fraction of sp³-hybridized carbons (Fsp3) is 0.100. The topological polar surface area (TPSA) is 38.9 Å². The van der Waals surface area contributed by atoms with Gasteiger partial charge in [0.25, 0.3) is 0 Å². The van der Waals surface area contributed by atoms with Crippen LogP contribution in [0.5, 0.6) is 0 Å². The van der Waals surface area contributed by atoms with E-state index in [0.717, 1.165) is 11.3 Å². The van der Waals surface area contributed by atoms with Crippen molar-refractivity contribution in [2.75, 3.05) is 0 Å². The van der Waals surface area contributed by atoms with E-state index in [4.69, 9.17) is 5.73 Å². The number of nitrogens with zero attached hydrogens (tertiary/aromatic N) is 1. The van der Waals surface area contributed by atoms with Crippen molar-refractivity contribution in [2.24, 2.45) is 5.73 Å². The van der Waals surface area contributed by atoms with Crippen molar-refractivity contribution < 1.29 is 0 Å². The van der Waals surface area contributed by atoms with E-state index in [0.29, 0.717) is 6.54 Å². The second-order valence-corrected chi connectivity index (χ2v) is 3.68. The van der Waals surface area contributed by atoms with Crippen molar-refractivity contribution in [3.63, 3.8) is 0 Å². The van der Waals surface area contributed by atoms with Gasteiger partial charge >= 0.3 is 0 Å². The molecule has 0 unspecified atom stereocenters. The Morgan fingerprint density at radius 3 is 2.47 bits per heavy atom. The largest absolute Gasteiger partial charge is 0.326 e. The van der Waals surface area contributed by atoms with Crippen LogP contribution in [-0.2, 0) is 6.54 Å². The van der Waals surface area contributed by atoms with Crippen LogP contribution in [0.15, 0.2) is 35.8 Å². The van der Waals surface area contributed by atoms with Gasteiger partial charge in [-0.2, -0.15) is 0 Å². The smallest absolute Gasteiger partial charge is 0.0801 e. The summed E-state index contributed by atoms with van der Waals surface area (Å²) in [6.45, 7) is 0.553. The predicted molar refractivity (Wildman–Crippen MR) is 69.9 cm³/mol. The lowest BCUT2D eigenvalue weighted by molar-refractivity contribution is 1.05. The molecular formula is C10H12Cl2N2S. The van der Waals surface area contributed by atoms with Crippen molar-refractivity contribution in [2.45, 2.75) is 6.54 Å². The van der Waals surface area contributed by atoms with E-state index in [-0.39, 0.29) is 24.8 Å². The van der Waals surface area contributed by atoms with Crippen LogP contribution in [0.3, 0.4) is 0 Å². The van der Waals surface area contributed by atoms with E-state index in [9.17, 15) is 0 Å². The number of pyridine rings is 1. The van der Waals surface area contributed by atoms with E-state index in [1.54, 1.807) is 11.3 Å². The SMILES string of the molecule is Cl.Cl.NCc1ccc(-c2cccs2)nc1. The third kappa shape index (κ3) is 3.47. The summed E-state index contributed by atoms with van der Waals surface area (Å²) in [4.78, 5) is 5.52. The Hall–Kier alpha value is -0.610. The van der Waals surface area contributed by atoms with Gasteiger partial charge in [0.15, 0.2) is 0 Å². The molecule has 0 atom stereocenters. The molecule has 0 aliphatic heterocycles. The molecule has 2 N–H and O–H groups in total. The second kappa shape index (κ2) is 6.80. The normalized spacial score (nSPS) is 8.87. The standard InChI is InChI=1S/C10H10N2S.2ClH/c11-6-8-3-4-9(12-7-8)10-2-1-5-13-10;;/h1-5,7H,6,11H2;2*1H. The molecule has 15 heavy (non-hydrogen) atoms. The molecule has 0 spiro atoms. The highest BCUT2D eigenvalue weighted by atomic mass is 35.5. The summed E-state index contributed by atoms with van der Waals surface area (Å²) in [5, 5.41) is 2.05. The zero-order valence-electron chi connectivity index (χ0n) is 7.92. The number of thiophene rings is 1. The summed E-state index contributed by atoms with van der Waals surface area (Å²) in [5.41, 5.74) is 7.57. The van der Waals surface area contributed by atoms with Gasteiger partial charge < -0.3 is 5.73 Å². The summed E-state index contributed by atoms with van der Waals surface area (Å²) >= 11 is 1.70. The Morgan fingerprint density at radius 1 is 1.20 bits per heavy atom. The summed E-state index contributed by atoms with van der Waals surface area (Å²) < 4.78 is 0. The fourth-order valence-corrected chi connectivity index (χ4v) is 1.82. The van der Waals surface area contributed by atoms with Gasteiger partial charge in [-0.3, -0.25) is 4.98 Å². The zero-order valence-corrected chi connectivity index (χ0v) is 10.4. The Morgan fingerprint density at radius 2 is 2.00 bits per heavy atom. The van der Waals surface area contributed by atoms with Gasteiger partial charge in [-0.25, -0.2) is 0 Å². The maximum Gasteiger partial charge on any atom is 0.0801 e. The fourth-order valence-electron chi connectivity index (χ4n) is 1.12. The Balaban J connectivity index is 0.000000980. The first-order valence-corrected chi connectivity index (χ1v) is 4.97. The third-order valence-corrected chi connectivity index (χ3v) is 2.73. The first-order chi connectivity index (χ1) is 6.40. The summed E-state index contributed by atoms with van der Waals surface area (Å²) in [7, 11) is 0. The highest BCUT2D eigenvalue weighted by Crippen LogP contribution is 2.22. The van der Waals surface area contributed by atoms with Crippen molar-refractivity contribution >= 4 is 36.2 Å². The van der Waals surface area contributed by atoms with E-state index >= 15 is 0 Å². The summed E-state index contributed by atoms with van der Waals surface area (Å²) in [6, 6.07) is 8.11. The minimum Gasteiger partial charge on any atom is -0.326 e. The molecule has 2 nitrogen and oxygen atoms in total. The molecule has 0 bridgehead atoms. The molecule has 0 aromatic carbocycles. The van der Waals surface area contributed by atoms with Gasteiger partial charge in [0.1, 0.15) is 0 Å². The Labute approximate surface area is 105 Å². The van der Waals surface area contributed by atoms with E-state index in [2.05, 4.69) is 11.1 Å². The minimum atomic E-state index is 0. The number of halogens is 2. The Kier molecular flexibility index (Phi) is 6.52. The van der Waals surface area contributed by atoms with Crippen LogP contribution in [-0.4, -0.2) is 4.98 Å². The average Bonchev–Trinajstić information content (AvgIpc) is 2.71. The first kappa shape index (κ1) is 14.4. The zero-order chi connectivity index (χ0) is 9.10. The number of aromatic nitrogens is 1. The molecule has 2 aromatic heterocycles. The number of rotatable bonds is 2. The summed E-state index contributed by atoms with van der Waals surface area (Å²) in [5.74, 6) is 0. The molecule has 0 fully saturated rings. The monoisotopic (exact) mass is 262 g/mol. The third-order valence-electron chi connectivity index (χ3n) is 1.83. The molecule has 5 heteroatoms. The van der Waals surface area contributed by atoms with Crippen LogP contribution < -0.4 is 5.73 Å². The van der Waals surface area contributed by atoms with Crippen molar-refractivity contribution in [1.82, 2.24) is 4.98 Å². The molecule has 2 heterocycles. The maximum atomic E-state index is 5.48. The van der Waals surface area contributed by atoms with Crippen LogP contribution in [0, 0.1) is 0 Å². The molecule has 0 saturated carbocycles. The van der Waals surface area contributed by atoms with Crippen LogP contribution in [0.4, 0.5) is 0 Å². The second-order valence-electron chi connectivity index (χ2n) is 2.73. The van der Waals surface area contributed by atoms with Gasteiger partial charge in [-0.15, -0.1) is 36.2 Å². The Bertz CT molecular complexity index is 373. The highest BCUT2D eigenvalue weighted by Gasteiger charge is 1.98. The van der Waals surface area contributed by atoms with Crippen molar-refractivity contribution in [3.05, 3.63) is 41.4 Å². The molecule has 0 radical (unpaired) electrons. The molecule has 2 rings (SSSR count). The van der Waals surface area contributed by atoms with Crippen molar-refractivity contribution in [3.8, 4) is 10.6 Å².